The Hall–Kier alpha value is -1.32. The van der Waals surface area contributed by atoms with Crippen molar-refractivity contribution in [2.24, 2.45) is 0 Å². The van der Waals surface area contributed by atoms with Crippen LogP contribution < -0.4 is 11.5 Å². The Labute approximate surface area is 62.8 Å². The average Bonchev–Trinajstić information content (AvgIpc) is 1.85. The van der Waals surface area contributed by atoms with Crippen LogP contribution >= 0.6 is 0 Å². The highest BCUT2D eigenvalue weighted by atomic mass is 19.3. The number of rotatable bonds is 1. The Balaban J connectivity index is 3.21. The van der Waals surface area contributed by atoms with E-state index in [1.54, 1.807) is 0 Å². The molecule has 0 saturated heterocycles. The van der Waals surface area contributed by atoms with E-state index in [2.05, 4.69) is 0 Å². The Morgan fingerprint density at radius 3 is 1.82 bits per heavy atom. The van der Waals surface area contributed by atoms with Crippen LogP contribution in [0.5, 0.6) is 0 Å². The molecule has 0 atom stereocenters. The van der Waals surface area contributed by atoms with E-state index in [1.807, 2.05) is 0 Å². The van der Waals surface area contributed by atoms with Crippen LogP contribution in [-0.2, 0) is 0 Å². The first-order valence-corrected chi connectivity index (χ1v) is 3.05. The molecule has 0 aliphatic carbocycles. The molecule has 1 aromatic rings. The van der Waals surface area contributed by atoms with Crippen molar-refractivity contribution in [2.45, 2.75) is 6.43 Å². The largest absolute Gasteiger partial charge is 0.398 e. The molecule has 0 unspecified atom stereocenters. The first-order chi connectivity index (χ1) is 5.13. The van der Waals surface area contributed by atoms with Gasteiger partial charge >= 0.3 is 0 Å². The van der Waals surface area contributed by atoms with Gasteiger partial charge in [-0.3, -0.25) is 0 Å². The summed E-state index contributed by atoms with van der Waals surface area (Å²) >= 11 is 0. The first kappa shape index (κ1) is 7.78. The summed E-state index contributed by atoms with van der Waals surface area (Å²) in [6.45, 7) is 0. The Morgan fingerprint density at radius 1 is 1.09 bits per heavy atom. The second kappa shape index (κ2) is 2.74. The molecule has 0 bridgehead atoms. The van der Waals surface area contributed by atoms with Crippen molar-refractivity contribution >= 4 is 11.4 Å². The third kappa shape index (κ3) is 1.39. The van der Waals surface area contributed by atoms with E-state index in [9.17, 15) is 8.78 Å². The fraction of sp³-hybridized carbons (Fsp3) is 0.143. The van der Waals surface area contributed by atoms with Crippen LogP contribution in [0.15, 0.2) is 18.2 Å². The molecule has 2 nitrogen and oxygen atoms in total. The van der Waals surface area contributed by atoms with Gasteiger partial charge in [0.2, 0.25) is 0 Å². The van der Waals surface area contributed by atoms with Crippen LogP contribution in [0, 0.1) is 0 Å². The standard InChI is InChI=1S/C7H8F2N2/c8-7(9)6-4(10)2-1-3-5(6)11/h1-3,7H,10-11H2. The number of benzene rings is 1. The van der Waals surface area contributed by atoms with Crippen LogP contribution in [0.1, 0.15) is 12.0 Å². The number of nitrogen functional groups attached to an aromatic ring is 2. The summed E-state index contributed by atoms with van der Waals surface area (Å²) in [4.78, 5) is 0. The van der Waals surface area contributed by atoms with Crippen LogP contribution in [0.3, 0.4) is 0 Å². The van der Waals surface area contributed by atoms with E-state index in [4.69, 9.17) is 11.5 Å². The summed E-state index contributed by atoms with van der Waals surface area (Å²) in [6, 6.07) is 4.34. The van der Waals surface area contributed by atoms with Gasteiger partial charge in [0, 0.05) is 11.4 Å². The Kier molecular flexibility index (Phi) is 1.94. The van der Waals surface area contributed by atoms with Crippen LogP contribution in [-0.4, -0.2) is 0 Å². The van der Waals surface area contributed by atoms with Crippen molar-refractivity contribution < 1.29 is 8.78 Å². The van der Waals surface area contributed by atoms with Crippen molar-refractivity contribution in [1.29, 1.82) is 0 Å². The smallest absolute Gasteiger partial charge is 0.267 e. The predicted molar refractivity (Wildman–Crippen MR) is 40.2 cm³/mol. The van der Waals surface area contributed by atoms with Gasteiger partial charge in [-0.15, -0.1) is 0 Å². The van der Waals surface area contributed by atoms with Gasteiger partial charge < -0.3 is 11.5 Å². The maximum absolute atomic E-state index is 12.1. The van der Waals surface area contributed by atoms with E-state index in [-0.39, 0.29) is 16.9 Å². The number of anilines is 2. The van der Waals surface area contributed by atoms with Gasteiger partial charge in [0.25, 0.3) is 6.43 Å². The number of hydrogen-bond acceptors (Lipinski definition) is 2. The summed E-state index contributed by atoms with van der Waals surface area (Å²) in [7, 11) is 0. The van der Waals surface area contributed by atoms with E-state index < -0.39 is 6.43 Å². The van der Waals surface area contributed by atoms with Gasteiger partial charge in [0.1, 0.15) is 0 Å². The van der Waals surface area contributed by atoms with Crippen LogP contribution in [0.2, 0.25) is 0 Å². The lowest BCUT2D eigenvalue weighted by molar-refractivity contribution is 0.153. The van der Waals surface area contributed by atoms with Crippen molar-refractivity contribution in [3.8, 4) is 0 Å². The summed E-state index contributed by atoms with van der Waals surface area (Å²) in [6.07, 6.45) is -2.60. The number of halogens is 2. The molecule has 0 saturated carbocycles. The maximum Gasteiger partial charge on any atom is 0.267 e. The van der Waals surface area contributed by atoms with Gasteiger partial charge in [-0.2, -0.15) is 0 Å². The molecule has 0 radical (unpaired) electrons. The van der Waals surface area contributed by atoms with E-state index in [1.165, 1.54) is 18.2 Å². The molecule has 0 aliphatic rings. The monoisotopic (exact) mass is 158 g/mol. The molecule has 1 rings (SSSR count). The average molecular weight is 158 g/mol. The minimum absolute atomic E-state index is 0.0417. The maximum atomic E-state index is 12.1. The van der Waals surface area contributed by atoms with E-state index in [0.717, 1.165) is 0 Å². The molecule has 60 valence electrons. The summed E-state index contributed by atoms with van der Waals surface area (Å²) in [5.74, 6) is 0. The molecule has 1 aromatic carbocycles. The van der Waals surface area contributed by atoms with Gasteiger partial charge in [0.15, 0.2) is 0 Å². The third-order valence-corrected chi connectivity index (χ3v) is 1.39. The third-order valence-electron chi connectivity index (χ3n) is 1.39. The Morgan fingerprint density at radius 2 is 1.55 bits per heavy atom. The second-order valence-electron chi connectivity index (χ2n) is 2.15. The molecular weight excluding hydrogens is 150 g/mol. The molecule has 0 amide bonds. The lowest BCUT2D eigenvalue weighted by Gasteiger charge is -2.06. The number of hydrogen-bond donors (Lipinski definition) is 2. The molecular formula is C7H8F2N2. The van der Waals surface area contributed by atoms with Gasteiger partial charge in [-0.25, -0.2) is 8.78 Å². The highest BCUT2D eigenvalue weighted by molar-refractivity contribution is 5.61. The molecule has 0 heterocycles. The normalized spacial score (nSPS) is 10.5. The topological polar surface area (TPSA) is 52.0 Å². The molecule has 0 aliphatic heterocycles. The number of alkyl halides is 2. The van der Waals surface area contributed by atoms with Gasteiger partial charge in [0.05, 0.1) is 5.56 Å². The van der Waals surface area contributed by atoms with Crippen molar-refractivity contribution in [1.82, 2.24) is 0 Å². The van der Waals surface area contributed by atoms with Crippen LogP contribution in [0.25, 0.3) is 0 Å². The summed E-state index contributed by atoms with van der Waals surface area (Å²) in [5, 5.41) is 0. The van der Waals surface area contributed by atoms with Crippen molar-refractivity contribution in [3.05, 3.63) is 23.8 Å². The molecule has 4 heteroatoms. The molecule has 4 N–H and O–H groups in total. The fourth-order valence-electron chi connectivity index (χ4n) is 0.854. The molecule has 0 spiro atoms. The molecule has 11 heavy (non-hydrogen) atoms. The predicted octanol–water partition coefficient (Wildman–Crippen LogP) is 1.79. The first-order valence-electron chi connectivity index (χ1n) is 3.05. The zero-order chi connectivity index (χ0) is 8.43. The molecule has 0 fully saturated rings. The summed E-state index contributed by atoms with van der Waals surface area (Å²) in [5.41, 5.74) is 10.3. The Bertz CT molecular complexity index is 240. The lowest BCUT2D eigenvalue weighted by Crippen LogP contribution is -1.99. The van der Waals surface area contributed by atoms with E-state index in [0.29, 0.717) is 0 Å². The molecule has 0 aromatic heterocycles. The highest BCUT2D eigenvalue weighted by Crippen LogP contribution is 2.29. The van der Waals surface area contributed by atoms with Gasteiger partial charge in [-0.05, 0) is 12.1 Å². The minimum atomic E-state index is -2.60. The van der Waals surface area contributed by atoms with Crippen molar-refractivity contribution in [2.75, 3.05) is 11.5 Å². The summed E-state index contributed by atoms with van der Waals surface area (Å²) < 4.78 is 24.3. The quantitative estimate of drug-likeness (QED) is 0.612. The SMILES string of the molecule is Nc1cccc(N)c1C(F)F. The number of nitrogens with two attached hydrogens (primary N) is 2. The second-order valence-corrected chi connectivity index (χ2v) is 2.15. The zero-order valence-corrected chi connectivity index (χ0v) is 5.72. The van der Waals surface area contributed by atoms with Crippen molar-refractivity contribution in [3.63, 3.8) is 0 Å². The van der Waals surface area contributed by atoms with Crippen LogP contribution in [0.4, 0.5) is 20.2 Å². The minimum Gasteiger partial charge on any atom is -0.398 e. The zero-order valence-electron chi connectivity index (χ0n) is 5.72. The fourth-order valence-corrected chi connectivity index (χ4v) is 0.854. The lowest BCUT2D eigenvalue weighted by atomic mass is 10.1. The van der Waals surface area contributed by atoms with E-state index >= 15 is 0 Å². The highest BCUT2D eigenvalue weighted by Gasteiger charge is 2.13. The van der Waals surface area contributed by atoms with Gasteiger partial charge in [-0.1, -0.05) is 6.07 Å².